The largest absolute Gasteiger partial charge is 0.379 e. The van der Waals surface area contributed by atoms with E-state index >= 15 is 0 Å². The second kappa shape index (κ2) is 7.61. The van der Waals surface area contributed by atoms with Gasteiger partial charge >= 0.3 is 6.03 Å². The Morgan fingerprint density at radius 3 is 2.90 bits per heavy atom. The first kappa shape index (κ1) is 16.0. The number of hydrogen-bond donors (Lipinski definition) is 3. The average molecular weight is 298 g/mol. The summed E-state index contributed by atoms with van der Waals surface area (Å²) in [7, 11) is 0. The molecule has 0 bridgehead atoms. The lowest BCUT2D eigenvalue weighted by Gasteiger charge is -2.35. The summed E-state index contributed by atoms with van der Waals surface area (Å²) in [4.78, 5) is 25.4. The number of carbonyl (C=O) groups is 2. The first-order chi connectivity index (χ1) is 10.1. The minimum atomic E-state index is -0.505. The van der Waals surface area contributed by atoms with Crippen molar-refractivity contribution in [3.8, 4) is 0 Å². The van der Waals surface area contributed by atoms with Crippen LogP contribution >= 0.6 is 0 Å². The van der Waals surface area contributed by atoms with Crippen molar-refractivity contribution < 1.29 is 14.3 Å². The number of piperidine rings is 1. The molecule has 2 rings (SSSR count). The molecule has 2 saturated heterocycles. The fraction of sp³-hybridized carbons (Fsp3) is 0.857. The Balaban J connectivity index is 1.87. The Kier molecular flexibility index (Phi) is 5.81. The summed E-state index contributed by atoms with van der Waals surface area (Å²) in [5.74, 6) is 0.366. The number of urea groups is 1. The SMILES string of the molecule is CCNC1COCC1C(=O)N1CCCC(CNC(N)=O)C1. The molecule has 3 amide bonds. The second-order valence-corrected chi connectivity index (χ2v) is 5.85. The highest BCUT2D eigenvalue weighted by Crippen LogP contribution is 2.22. The first-order valence-corrected chi connectivity index (χ1v) is 7.75. The Labute approximate surface area is 125 Å². The molecular weight excluding hydrogens is 272 g/mol. The van der Waals surface area contributed by atoms with Crippen LogP contribution in [0.15, 0.2) is 0 Å². The summed E-state index contributed by atoms with van der Waals surface area (Å²) in [6, 6.07) is -0.388. The van der Waals surface area contributed by atoms with Gasteiger partial charge in [-0.25, -0.2) is 4.79 Å². The molecule has 7 nitrogen and oxygen atoms in total. The molecule has 2 fully saturated rings. The average Bonchev–Trinajstić information content (AvgIpc) is 2.93. The molecule has 0 saturated carbocycles. The number of likely N-dealkylation sites (tertiary alicyclic amines) is 1. The third-order valence-corrected chi connectivity index (χ3v) is 4.26. The van der Waals surface area contributed by atoms with E-state index < -0.39 is 6.03 Å². The van der Waals surface area contributed by atoms with Gasteiger partial charge in [0, 0.05) is 25.7 Å². The summed E-state index contributed by atoms with van der Waals surface area (Å²) in [6.07, 6.45) is 1.98. The number of carbonyl (C=O) groups excluding carboxylic acids is 2. The van der Waals surface area contributed by atoms with Crippen molar-refractivity contribution in [2.45, 2.75) is 25.8 Å². The van der Waals surface area contributed by atoms with Gasteiger partial charge in [-0.2, -0.15) is 0 Å². The predicted octanol–water partition coefficient (Wildman–Crippen LogP) is -0.482. The highest BCUT2D eigenvalue weighted by molar-refractivity contribution is 5.80. The van der Waals surface area contributed by atoms with Crippen molar-refractivity contribution in [1.82, 2.24) is 15.5 Å². The van der Waals surface area contributed by atoms with Gasteiger partial charge in [0.1, 0.15) is 0 Å². The number of nitrogens with two attached hydrogens (primary N) is 1. The molecule has 0 spiro atoms. The third kappa shape index (κ3) is 4.31. The van der Waals surface area contributed by atoms with Crippen LogP contribution in [0.2, 0.25) is 0 Å². The molecule has 2 aliphatic rings. The highest BCUT2D eigenvalue weighted by atomic mass is 16.5. The van der Waals surface area contributed by atoms with Gasteiger partial charge in [-0.05, 0) is 25.3 Å². The summed E-state index contributed by atoms with van der Waals surface area (Å²) < 4.78 is 5.46. The molecule has 2 aliphatic heterocycles. The molecule has 3 unspecified atom stereocenters. The Morgan fingerprint density at radius 2 is 2.19 bits per heavy atom. The minimum Gasteiger partial charge on any atom is -0.379 e. The van der Waals surface area contributed by atoms with Crippen LogP contribution in [0.4, 0.5) is 4.79 Å². The lowest BCUT2D eigenvalue weighted by atomic mass is 9.95. The first-order valence-electron chi connectivity index (χ1n) is 7.75. The molecule has 0 aromatic carbocycles. The van der Waals surface area contributed by atoms with Crippen molar-refractivity contribution >= 4 is 11.9 Å². The van der Waals surface area contributed by atoms with Gasteiger partial charge in [-0.1, -0.05) is 6.92 Å². The van der Waals surface area contributed by atoms with E-state index in [1.807, 2.05) is 11.8 Å². The standard InChI is InChI=1S/C14H26N4O3/c1-2-16-12-9-21-8-11(12)13(19)18-5-3-4-10(7-18)6-17-14(15)20/h10-12,16H,2-9H2,1H3,(H3,15,17,20). The maximum atomic E-state index is 12.7. The fourth-order valence-corrected chi connectivity index (χ4v) is 3.17. The zero-order valence-electron chi connectivity index (χ0n) is 12.6. The van der Waals surface area contributed by atoms with Gasteiger partial charge in [-0.3, -0.25) is 4.79 Å². The van der Waals surface area contributed by atoms with Crippen LogP contribution in [0.1, 0.15) is 19.8 Å². The quantitative estimate of drug-likeness (QED) is 0.638. The van der Waals surface area contributed by atoms with E-state index in [9.17, 15) is 9.59 Å². The van der Waals surface area contributed by atoms with Crippen molar-refractivity contribution in [2.24, 2.45) is 17.6 Å². The van der Waals surface area contributed by atoms with Crippen molar-refractivity contribution in [1.29, 1.82) is 0 Å². The number of ether oxygens (including phenoxy) is 1. The smallest absolute Gasteiger partial charge is 0.312 e. The Bertz CT molecular complexity index is 377. The van der Waals surface area contributed by atoms with Gasteiger partial charge in [0.05, 0.1) is 19.1 Å². The topological polar surface area (TPSA) is 96.7 Å². The zero-order valence-corrected chi connectivity index (χ0v) is 12.6. The number of nitrogens with zero attached hydrogens (tertiary/aromatic N) is 1. The van der Waals surface area contributed by atoms with Crippen LogP contribution in [0.5, 0.6) is 0 Å². The molecule has 3 atom stereocenters. The molecule has 0 radical (unpaired) electrons. The van der Waals surface area contributed by atoms with E-state index in [1.54, 1.807) is 0 Å². The fourth-order valence-electron chi connectivity index (χ4n) is 3.17. The number of rotatable bonds is 5. The summed E-state index contributed by atoms with van der Waals surface area (Å²) in [5.41, 5.74) is 5.10. The lowest BCUT2D eigenvalue weighted by Crippen LogP contribution is -2.50. The highest BCUT2D eigenvalue weighted by Gasteiger charge is 2.37. The van der Waals surface area contributed by atoms with Gasteiger partial charge in [0.25, 0.3) is 0 Å². The molecule has 4 N–H and O–H groups in total. The summed E-state index contributed by atoms with van der Waals surface area (Å²) in [6.45, 7) is 5.99. The minimum absolute atomic E-state index is 0.0900. The van der Waals surface area contributed by atoms with Crippen LogP contribution < -0.4 is 16.4 Å². The second-order valence-electron chi connectivity index (χ2n) is 5.85. The van der Waals surface area contributed by atoms with Crippen molar-refractivity contribution in [3.05, 3.63) is 0 Å². The van der Waals surface area contributed by atoms with E-state index in [0.717, 1.165) is 25.9 Å². The zero-order chi connectivity index (χ0) is 15.2. The van der Waals surface area contributed by atoms with Crippen LogP contribution in [0, 0.1) is 11.8 Å². The number of likely N-dealkylation sites (N-methyl/N-ethyl adjacent to an activating group) is 1. The Hall–Kier alpha value is -1.34. The van der Waals surface area contributed by atoms with Crippen LogP contribution in [0.3, 0.4) is 0 Å². The molecule has 2 heterocycles. The lowest BCUT2D eigenvalue weighted by molar-refractivity contribution is -0.137. The van der Waals surface area contributed by atoms with Crippen molar-refractivity contribution in [3.63, 3.8) is 0 Å². The van der Waals surface area contributed by atoms with E-state index in [2.05, 4.69) is 10.6 Å². The van der Waals surface area contributed by atoms with Crippen LogP contribution in [0.25, 0.3) is 0 Å². The predicted molar refractivity (Wildman–Crippen MR) is 78.7 cm³/mol. The molecule has 0 aliphatic carbocycles. The monoisotopic (exact) mass is 298 g/mol. The van der Waals surface area contributed by atoms with Crippen molar-refractivity contribution in [2.75, 3.05) is 39.4 Å². The number of hydrogen-bond acceptors (Lipinski definition) is 4. The maximum absolute atomic E-state index is 12.7. The summed E-state index contributed by atoms with van der Waals surface area (Å²) in [5, 5.41) is 5.96. The molecule has 7 heteroatoms. The normalized spacial score (nSPS) is 29.4. The third-order valence-electron chi connectivity index (χ3n) is 4.26. The number of amides is 3. The van der Waals surface area contributed by atoms with E-state index in [-0.39, 0.29) is 23.8 Å². The maximum Gasteiger partial charge on any atom is 0.312 e. The molecule has 21 heavy (non-hydrogen) atoms. The molecular formula is C14H26N4O3. The van der Waals surface area contributed by atoms with E-state index in [1.165, 1.54) is 0 Å². The van der Waals surface area contributed by atoms with Gasteiger partial charge in [-0.15, -0.1) is 0 Å². The molecule has 0 aromatic heterocycles. The number of primary amides is 1. The van der Waals surface area contributed by atoms with Crippen LogP contribution in [-0.2, 0) is 9.53 Å². The van der Waals surface area contributed by atoms with E-state index in [0.29, 0.717) is 26.3 Å². The summed E-state index contributed by atoms with van der Waals surface area (Å²) >= 11 is 0. The molecule has 0 aromatic rings. The number of nitrogens with one attached hydrogen (secondary N) is 2. The molecule has 120 valence electrons. The Morgan fingerprint density at radius 1 is 1.38 bits per heavy atom. The van der Waals surface area contributed by atoms with Crippen LogP contribution in [-0.4, -0.2) is 62.3 Å². The van der Waals surface area contributed by atoms with Gasteiger partial charge in [0.2, 0.25) is 5.91 Å². The van der Waals surface area contributed by atoms with Gasteiger partial charge < -0.3 is 26.0 Å². The van der Waals surface area contributed by atoms with Gasteiger partial charge in [0.15, 0.2) is 0 Å². The van der Waals surface area contributed by atoms with E-state index in [4.69, 9.17) is 10.5 Å².